The Hall–Kier alpha value is -1.46. The molecule has 0 bridgehead atoms. The fourth-order valence-corrected chi connectivity index (χ4v) is 3.19. The summed E-state index contributed by atoms with van der Waals surface area (Å²) in [5.41, 5.74) is 6.99. The predicted molar refractivity (Wildman–Crippen MR) is 88.9 cm³/mol. The van der Waals surface area contributed by atoms with E-state index in [1.165, 1.54) is 5.56 Å². The summed E-state index contributed by atoms with van der Waals surface area (Å²) in [7, 11) is 1.70. The highest BCUT2D eigenvalue weighted by molar-refractivity contribution is 7.80. The zero-order chi connectivity index (χ0) is 15.2. The molecule has 1 fully saturated rings. The Bertz CT molecular complexity index is 492. The van der Waals surface area contributed by atoms with Crippen molar-refractivity contribution in [2.24, 2.45) is 11.7 Å². The highest BCUT2D eigenvalue weighted by Gasteiger charge is 2.30. The number of nitrogens with two attached hydrogens (primary N) is 1. The first-order valence-electron chi connectivity index (χ1n) is 7.40. The summed E-state index contributed by atoms with van der Waals surface area (Å²) >= 11 is 5.12. The molecule has 1 amide bonds. The van der Waals surface area contributed by atoms with E-state index in [0.717, 1.165) is 25.9 Å². The van der Waals surface area contributed by atoms with Crippen LogP contribution in [-0.2, 0) is 4.79 Å². The van der Waals surface area contributed by atoms with E-state index < -0.39 is 0 Å². The second kappa shape index (κ2) is 7.52. The van der Waals surface area contributed by atoms with Crippen LogP contribution in [0, 0.1) is 5.92 Å². The summed E-state index contributed by atoms with van der Waals surface area (Å²) in [4.78, 5) is 14.8. The average molecular weight is 305 g/mol. The van der Waals surface area contributed by atoms with Crippen molar-refractivity contribution in [1.82, 2.24) is 10.2 Å². The fourth-order valence-electron chi connectivity index (χ4n) is 3.03. The van der Waals surface area contributed by atoms with Crippen LogP contribution in [0.2, 0.25) is 0 Å². The Morgan fingerprint density at radius 3 is 2.81 bits per heavy atom. The molecule has 1 aliphatic heterocycles. The Morgan fingerprint density at radius 1 is 1.48 bits per heavy atom. The van der Waals surface area contributed by atoms with Gasteiger partial charge in [-0.15, -0.1) is 0 Å². The van der Waals surface area contributed by atoms with Gasteiger partial charge in [0.25, 0.3) is 0 Å². The van der Waals surface area contributed by atoms with Crippen LogP contribution in [0.15, 0.2) is 30.3 Å². The van der Waals surface area contributed by atoms with Gasteiger partial charge in [0.15, 0.2) is 0 Å². The number of piperidine rings is 1. The van der Waals surface area contributed by atoms with E-state index >= 15 is 0 Å². The molecule has 0 radical (unpaired) electrons. The van der Waals surface area contributed by atoms with E-state index in [0.29, 0.717) is 11.4 Å². The molecule has 2 atom stereocenters. The van der Waals surface area contributed by atoms with Gasteiger partial charge in [0, 0.05) is 26.1 Å². The van der Waals surface area contributed by atoms with Gasteiger partial charge in [-0.1, -0.05) is 42.5 Å². The minimum absolute atomic E-state index is 0.0568. The molecule has 1 heterocycles. The number of nitrogens with one attached hydrogen (secondary N) is 1. The van der Waals surface area contributed by atoms with Gasteiger partial charge in [0.1, 0.15) is 0 Å². The van der Waals surface area contributed by atoms with Crippen molar-refractivity contribution < 1.29 is 4.79 Å². The number of nitrogens with zero attached hydrogens (tertiary/aromatic N) is 1. The summed E-state index contributed by atoms with van der Waals surface area (Å²) in [6, 6.07) is 10.4. The van der Waals surface area contributed by atoms with Gasteiger partial charge < -0.3 is 11.1 Å². The molecule has 0 spiro atoms. The van der Waals surface area contributed by atoms with E-state index in [2.05, 4.69) is 22.3 Å². The van der Waals surface area contributed by atoms with Crippen molar-refractivity contribution in [2.45, 2.75) is 25.3 Å². The molecule has 3 N–H and O–H groups in total. The lowest BCUT2D eigenvalue weighted by Crippen LogP contribution is -2.44. The minimum Gasteiger partial charge on any atom is -0.393 e. The molecule has 0 saturated carbocycles. The topological polar surface area (TPSA) is 58.4 Å². The molecule has 4 nitrogen and oxygen atoms in total. The Labute approximate surface area is 131 Å². The van der Waals surface area contributed by atoms with E-state index in [4.69, 9.17) is 18.0 Å². The van der Waals surface area contributed by atoms with Crippen LogP contribution in [0.4, 0.5) is 0 Å². The average Bonchev–Trinajstić information content (AvgIpc) is 2.52. The third-order valence-electron chi connectivity index (χ3n) is 4.09. The van der Waals surface area contributed by atoms with E-state index in [-0.39, 0.29) is 17.9 Å². The summed E-state index contributed by atoms with van der Waals surface area (Å²) in [6.45, 7) is 1.75. The van der Waals surface area contributed by atoms with Crippen molar-refractivity contribution in [1.29, 1.82) is 0 Å². The zero-order valence-corrected chi connectivity index (χ0v) is 13.2. The van der Waals surface area contributed by atoms with Crippen molar-refractivity contribution in [3.8, 4) is 0 Å². The smallest absolute Gasteiger partial charge is 0.224 e. The molecule has 114 valence electrons. The highest BCUT2D eigenvalue weighted by Crippen LogP contribution is 2.29. The van der Waals surface area contributed by atoms with Crippen molar-refractivity contribution >= 4 is 23.1 Å². The van der Waals surface area contributed by atoms with Gasteiger partial charge in [-0.2, -0.15) is 0 Å². The second-order valence-corrected chi connectivity index (χ2v) is 6.07. The van der Waals surface area contributed by atoms with Crippen LogP contribution in [0.3, 0.4) is 0 Å². The Balaban J connectivity index is 2.16. The largest absolute Gasteiger partial charge is 0.393 e. The third-order valence-corrected chi connectivity index (χ3v) is 4.26. The van der Waals surface area contributed by atoms with Gasteiger partial charge in [-0.3, -0.25) is 9.69 Å². The predicted octanol–water partition coefficient (Wildman–Crippen LogP) is 1.86. The van der Waals surface area contributed by atoms with Crippen LogP contribution in [-0.4, -0.2) is 35.9 Å². The van der Waals surface area contributed by atoms with E-state index in [9.17, 15) is 4.79 Å². The van der Waals surface area contributed by atoms with Crippen molar-refractivity contribution in [3.05, 3.63) is 35.9 Å². The normalized spacial score (nSPS) is 20.7. The highest BCUT2D eigenvalue weighted by atomic mass is 32.1. The molecule has 0 aromatic heterocycles. The number of rotatable bonds is 5. The van der Waals surface area contributed by atoms with E-state index in [1.807, 2.05) is 18.2 Å². The molecular formula is C16H23N3OS. The lowest BCUT2D eigenvalue weighted by Gasteiger charge is -2.38. The van der Waals surface area contributed by atoms with Crippen LogP contribution < -0.4 is 11.1 Å². The molecule has 1 saturated heterocycles. The van der Waals surface area contributed by atoms with Crippen molar-refractivity contribution in [2.75, 3.05) is 20.1 Å². The van der Waals surface area contributed by atoms with Crippen LogP contribution >= 0.6 is 12.2 Å². The first kappa shape index (κ1) is 15.9. The summed E-state index contributed by atoms with van der Waals surface area (Å²) in [5.74, 6) is 0.183. The maximum Gasteiger partial charge on any atom is 0.224 e. The molecule has 21 heavy (non-hydrogen) atoms. The van der Waals surface area contributed by atoms with Gasteiger partial charge in [-0.05, 0) is 24.9 Å². The Morgan fingerprint density at radius 2 is 2.19 bits per heavy atom. The van der Waals surface area contributed by atoms with Gasteiger partial charge in [0.2, 0.25) is 5.91 Å². The maximum atomic E-state index is 11.9. The zero-order valence-electron chi connectivity index (χ0n) is 12.4. The van der Waals surface area contributed by atoms with Crippen molar-refractivity contribution in [3.63, 3.8) is 0 Å². The summed E-state index contributed by atoms with van der Waals surface area (Å²) in [6.07, 6.45) is 2.63. The number of hydrogen-bond acceptors (Lipinski definition) is 3. The number of likely N-dealkylation sites (tertiary alicyclic amines) is 1. The third kappa shape index (κ3) is 4.25. The van der Waals surface area contributed by atoms with Crippen LogP contribution in [0.1, 0.15) is 30.9 Å². The number of hydrogen-bond donors (Lipinski definition) is 2. The van der Waals surface area contributed by atoms with Crippen LogP contribution in [0.25, 0.3) is 0 Å². The molecule has 1 aliphatic rings. The molecular weight excluding hydrogens is 282 g/mol. The molecule has 5 heteroatoms. The minimum atomic E-state index is 0.0568. The lowest BCUT2D eigenvalue weighted by atomic mass is 9.93. The summed E-state index contributed by atoms with van der Waals surface area (Å²) < 4.78 is 0. The maximum absolute atomic E-state index is 11.9. The number of benzene rings is 1. The number of amides is 1. The molecule has 1 aromatic carbocycles. The lowest BCUT2D eigenvalue weighted by molar-refractivity contribution is -0.126. The number of carbonyl (C=O) groups excluding carboxylic acids is 1. The Kier molecular flexibility index (Phi) is 5.70. The summed E-state index contributed by atoms with van der Waals surface area (Å²) in [5, 5.41) is 2.76. The van der Waals surface area contributed by atoms with Gasteiger partial charge >= 0.3 is 0 Å². The molecule has 0 aliphatic carbocycles. The number of thiocarbonyl (C=S) groups is 1. The molecule has 1 aromatic rings. The number of carbonyl (C=O) groups is 1. The van der Waals surface area contributed by atoms with Gasteiger partial charge in [-0.25, -0.2) is 0 Å². The first-order valence-corrected chi connectivity index (χ1v) is 7.81. The quantitative estimate of drug-likeness (QED) is 0.815. The molecule has 2 unspecified atom stereocenters. The standard InChI is InChI=1S/C16H23N3OS/c1-18-16(20)13-8-5-9-19(11-13)14(10-15(17)21)12-6-3-2-4-7-12/h2-4,6-7,13-14H,5,8-11H2,1H3,(H2,17,21)(H,18,20). The second-order valence-electron chi connectivity index (χ2n) is 5.55. The van der Waals surface area contributed by atoms with Gasteiger partial charge in [0.05, 0.1) is 10.9 Å². The monoisotopic (exact) mass is 305 g/mol. The SMILES string of the molecule is CNC(=O)C1CCCN(C(CC(N)=S)c2ccccc2)C1. The first-order chi connectivity index (χ1) is 10.1. The van der Waals surface area contributed by atoms with E-state index in [1.54, 1.807) is 7.05 Å². The van der Waals surface area contributed by atoms with Crippen LogP contribution in [0.5, 0.6) is 0 Å². The fraction of sp³-hybridized carbons (Fsp3) is 0.500. The molecule has 2 rings (SSSR count).